The van der Waals surface area contributed by atoms with E-state index in [-0.39, 0.29) is 0 Å². The Labute approximate surface area is 224 Å². The minimum absolute atomic E-state index is 1.18. The largest absolute Gasteiger partial charge is 0.309 e. The molecule has 0 aliphatic heterocycles. The zero-order valence-electron chi connectivity index (χ0n) is 20.6. The molecular weight excluding hydrogens is 478 g/mol. The quantitative estimate of drug-likeness (QED) is 0.227. The minimum atomic E-state index is 1.18. The molecule has 0 unspecified atom stereocenters. The topological polar surface area (TPSA) is 4.93 Å². The third kappa shape index (κ3) is 3.31. The Morgan fingerprint density at radius 3 is 1.50 bits per heavy atom. The van der Waals surface area contributed by atoms with Crippen molar-refractivity contribution in [2.45, 2.75) is 0 Å². The fourth-order valence-electron chi connectivity index (χ4n) is 5.76. The minimum Gasteiger partial charge on any atom is -0.309 e. The lowest BCUT2D eigenvalue weighted by Crippen LogP contribution is -1.93. The van der Waals surface area contributed by atoms with E-state index in [4.69, 9.17) is 0 Å². The fraction of sp³-hybridized carbons (Fsp3) is 0. The van der Waals surface area contributed by atoms with Crippen molar-refractivity contribution < 1.29 is 0 Å². The van der Waals surface area contributed by atoms with Crippen LogP contribution in [0.5, 0.6) is 0 Å². The van der Waals surface area contributed by atoms with Crippen LogP contribution in [0.3, 0.4) is 0 Å². The van der Waals surface area contributed by atoms with Gasteiger partial charge in [0.2, 0.25) is 0 Å². The van der Waals surface area contributed by atoms with Crippen LogP contribution in [0.4, 0.5) is 0 Å². The number of benzene rings is 6. The molecular formula is C36H23NS. The standard InChI is InChI=1S/C36H23NS/c1-4-10-33-29(7-1)30-8-2-5-11-34(30)37(33)28-20-17-25(18-21-28)24-13-15-26(16-14-24)27-19-22-36-32(23-27)31-9-3-6-12-35(31)38-36/h1-23H. The van der Waals surface area contributed by atoms with E-state index in [1.807, 2.05) is 11.3 Å². The molecule has 0 radical (unpaired) electrons. The summed E-state index contributed by atoms with van der Waals surface area (Å²) in [4.78, 5) is 0. The van der Waals surface area contributed by atoms with Crippen molar-refractivity contribution >= 4 is 53.3 Å². The Balaban J connectivity index is 1.14. The first-order valence-corrected chi connectivity index (χ1v) is 13.8. The van der Waals surface area contributed by atoms with Crippen LogP contribution in [0.1, 0.15) is 0 Å². The van der Waals surface area contributed by atoms with Gasteiger partial charge in [0, 0.05) is 36.6 Å². The SMILES string of the molecule is c1ccc2c(c1)sc1ccc(-c3ccc(-c4ccc(-n5c6ccccc6c6ccccc65)cc4)cc3)cc12. The smallest absolute Gasteiger partial charge is 0.0541 e. The summed E-state index contributed by atoms with van der Waals surface area (Å²) >= 11 is 1.86. The maximum Gasteiger partial charge on any atom is 0.0541 e. The summed E-state index contributed by atoms with van der Waals surface area (Å²) in [5.41, 5.74) is 8.61. The van der Waals surface area contributed by atoms with Gasteiger partial charge in [0.25, 0.3) is 0 Å². The molecule has 0 saturated carbocycles. The molecule has 0 saturated heterocycles. The van der Waals surface area contributed by atoms with E-state index in [0.717, 1.165) is 0 Å². The fourth-order valence-corrected chi connectivity index (χ4v) is 6.85. The maximum atomic E-state index is 2.36. The van der Waals surface area contributed by atoms with E-state index < -0.39 is 0 Å². The van der Waals surface area contributed by atoms with E-state index in [0.29, 0.717) is 0 Å². The lowest BCUT2D eigenvalue weighted by molar-refractivity contribution is 1.18. The summed E-state index contributed by atoms with van der Waals surface area (Å²) in [5, 5.41) is 5.26. The van der Waals surface area contributed by atoms with Gasteiger partial charge in [-0.2, -0.15) is 0 Å². The first-order valence-electron chi connectivity index (χ1n) is 12.9. The third-order valence-corrected chi connectivity index (χ3v) is 8.79. The van der Waals surface area contributed by atoms with Crippen molar-refractivity contribution in [3.63, 3.8) is 0 Å². The molecule has 0 atom stereocenters. The van der Waals surface area contributed by atoms with Gasteiger partial charge in [-0.3, -0.25) is 0 Å². The molecule has 8 aromatic rings. The van der Waals surface area contributed by atoms with Crippen LogP contribution in [0.15, 0.2) is 140 Å². The number of para-hydroxylation sites is 2. The Morgan fingerprint density at radius 2 is 0.842 bits per heavy atom. The van der Waals surface area contributed by atoms with Gasteiger partial charge < -0.3 is 4.57 Å². The molecule has 8 rings (SSSR count). The van der Waals surface area contributed by atoms with Crippen molar-refractivity contribution in [3.8, 4) is 27.9 Å². The average Bonchev–Trinajstić information content (AvgIpc) is 3.53. The lowest BCUT2D eigenvalue weighted by atomic mass is 9.99. The highest BCUT2D eigenvalue weighted by Gasteiger charge is 2.12. The Kier molecular flexibility index (Phi) is 4.76. The highest BCUT2D eigenvalue weighted by molar-refractivity contribution is 7.25. The van der Waals surface area contributed by atoms with Gasteiger partial charge in [0.15, 0.2) is 0 Å². The normalized spacial score (nSPS) is 11.7. The average molecular weight is 502 g/mol. The van der Waals surface area contributed by atoms with Crippen LogP contribution >= 0.6 is 11.3 Å². The highest BCUT2D eigenvalue weighted by Crippen LogP contribution is 2.37. The van der Waals surface area contributed by atoms with Crippen LogP contribution in [-0.4, -0.2) is 4.57 Å². The number of hydrogen-bond acceptors (Lipinski definition) is 1. The zero-order chi connectivity index (χ0) is 25.1. The first kappa shape index (κ1) is 21.4. The van der Waals surface area contributed by atoms with E-state index in [1.54, 1.807) is 0 Å². The second kappa shape index (κ2) is 8.44. The number of rotatable bonds is 3. The van der Waals surface area contributed by atoms with Crippen molar-refractivity contribution in [2.24, 2.45) is 0 Å². The summed E-state index contributed by atoms with van der Waals surface area (Å²) in [6.07, 6.45) is 0. The summed E-state index contributed by atoms with van der Waals surface area (Å²) in [6, 6.07) is 50.7. The Morgan fingerprint density at radius 1 is 0.368 bits per heavy atom. The molecule has 2 aromatic heterocycles. The predicted octanol–water partition coefficient (Wildman–Crippen LogP) is 10.5. The van der Waals surface area contributed by atoms with Crippen molar-refractivity contribution in [2.75, 3.05) is 0 Å². The van der Waals surface area contributed by atoms with Crippen LogP contribution in [0.2, 0.25) is 0 Å². The van der Waals surface area contributed by atoms with E-state index in [2.05, 4.69) is 144 Å². The molecule has 0 spiro atoms. The molecule has 178 valence electrons. The van der Waals surface area contributed by atoms with Gasteiger partial charge in [0.1, 0.15) is 0 Å². The number of nitrogens with zero attached hydrogens (tertiary/aromatic N) is 1. The van der Waals surface area contributed by atoms with Crippen LogP contribution < -0.4 is 0 Å². The molecule has 6 aromatic carbocycles. The summed E-state index contributed by atoms with van der Waals surface area (Å²) in [5.74, 6) is 0. The zero-order valence-corrected chi connectivity index (χ0v) is 21.5. The molecule has 2 heteroatoms. The molecule has 0 aliphatic rings. The van der Waals surface area contributed by atoms with Crippen LogP contribution in [-0.2, 0) is 0 Å². The van der Waals surface area contributed by atoms with Gasteiger partial charge >= 0.3 is 0 Å². The maximum absolute atomic E-state index is 2.36. The van der Waals surface area contributed by atoms with E-state index >= 15 is 0 Å². The van der Waals surface area contributed by atoms with Gasteiger partial charge in [-0.05, 0) is 64.7 Å². The van der Waals surface area contributed by atoms with Gasteiger partial charge in [-0.1, -0.05) is 97.1 Å². The van der Waals surface area contributed by atoms with Crippen molar-refractivity contribution in [3.05, 3.63) is 140 Å². The highest BCUT2D eigenvalue weighted by atomic mass is 32.1. The molecule has 0 N–H and O–H groups in total. The second-order valence-corrected chi connectivity index (χ2v) is 10.9. The molecule has 0 amide bonds. The molecule has 2 heterocycles. The molecule has 0 aliphatic carbocycles. The van der Waals surface area contributed by atoms with Crippen LogP contribution in [0.25, 0.3) is 69.9 Å². The van der Waals surface area contributed by atoms with Crippen molar-refractivity contribution in [1.82, 2.24) is 4.57 Å². The van der Waals surface area contributed by atoms with E-state index in [9.17, 15) is 0 Å². The van der Waals surface area contributed by atoms with Gasteiger partial charge in [-0.15, -0.1) is 11.3 Å². The summed E-state index contributed by atoms with van der Waals surface area (Å²) < 4.78 is 5.05. The molecule has 0 bridgehead atoms. The monoisotopic (exact) mass is 501 g/mol. The number of fused-ring (bicyclic) bond motifs is 6. The summed E-state index contributed by atoms with van der Waals surface area (Å²) in [6.45, 7) is 0. The van der Waals surface area contributed by atoms with Gasteiger partial charge in [-0.25, -0.2) is 0 Å². The third-order valence-electron chi connectivity index (χ3n) is 7.63. The van der Waals surface area contributed by atoms with Crippen LogP contribution in [0, 0.1) is 0 Å². The summed E-state index contributed by atoms with van der Waals surface area (Å²) in [7, 11) is 0. The van der Waals surface area contributed by atoms with Gasteiger partial charge in [0.05, 0.1) is 11.0 Å². The first-order chi connectivity index (χ1) is 18.8. The Hall–Kier alpha value is -4.66. The second-order valence-electron chi connectivity index (χ2n) is 9.80. The number of hydrogen-bond donors (Lipinski definition) is 0. The predicted molar refractivity (Wildman–Crippen MR) is 165 cm³/mol. The number of thiophene rings is 1. The molecule has 38 heavy (non-hydrogen) atoms. The number of aromatic nitrogens is 1. The van der Waals surface area contributed by atoms with E-state index in [1.165, 1.54) is 69.9 Å². The molecule has 1 nitrogen and oxygen atoms in total. The Bertz CT molecular complexity index is 2060. The molecule has 0 fully saturated rings. The van der Waals surface area contributed by atoms with Crippen molar-refractivity contribution in [1.29, 1.82) is 0 Å². The lowest BCUT2D eigenvalue weighted by Gasteiger charge is -2.10.